The number of nitrogens with one attached hydrogen (secondary N) is 1. The molecule has 22 heavy (non-hydrogen) atoms. The zero-order valence-electron chi connectivity index (χ0n) is 13.2. The van der Waals surface area contributed by atoms with Crippen LogP contribution in [0.5, 0.6) is 5.75 Å². The second kappa shape index (κ2) is 7.98. The third kappa shape index (κ3) is 4.59. The Morgan fingerprint density at radius 1 is 1.36 bits per heavy atom. The van der Waals surface area contributed by atoms with Crippen molar-refractivity contribution in [2.45, 2.75) is 33.6 Å². The molecule has 1 heterocycles. The SMILES string of the molecule is CCCCOc1cc(C)c(C=NN=C2NC(=O)CS2)c(C)c1. The minimum atomic E-state index is -0.0279. The molecule has 1 N–H and O–H groups in total. The molecule has 5 nitrogen and oxygen atoms in total. The van der Waals surface area contributed by atoms with Crippen LogP contribution in [0.3, 0.4) is 0 Å². The summed E-state index contributed by atoms with van der Waals surface area (Å²) in [6.45, 7) is 6.94. The van der Waals surface area contributed by atoms with Crippen molar-refractivity contribution in [2.24, 2.45) is 10.2 Å². The average molecular weight is 319 g/mol. The summed E-state index contributed by atoms with van der Waals surface area (Å²) in [7, 11) is 0. The molecule has 1 amide bonds. The quantitative estimate of drug-likeness (QED) is 0.498. The Morgan fingerprint density at radius 3 is 2.68 bits per heavy atom. The zero-order chi connectivity index (χ0) is 15.9. The molecule has 0 spiro atoms. The Bertz CT molecular complexity index is 588. The Morgan fingerprint density at radius 2 is 2.09 bits per heavy atom. The molecule has 1 aromatic carbocycles. The number of benzene rings is 1. The summed E-state index contributed by atoms with van der Waals surface area (Å²) >= 11 is 1.36. The van der Waals surface area contributed by atoms with Gasteiger partial charge >= 0.3 is 0 Å². The number of amides is 1. The lowest BCUT2D eigenvalue weighted by Gasteiger charge is -2.10. The Balaban J connectivity index is 2.06. The molecule has 0 saturated carbocycles. The van der Waals surface area contributed by atoms with Crippen molar-refractivity contribution in [3.05, 3.63) is 28.8 Å². The van der Waals surface area contributed by atoms with Crippen LogP contribution >= 0.6 is 11.8 Å². The van der Waals surface area contributed by atoms with Crippen LogP contribution in [0, 0.1) is 13.8 Å². The molecule has 0 unspecified atom stereocenters. The van der Waals surface area contributed by atoms with E-state index in [1.165, 1.54) is 11.8 Å². The smallest absolute Gasteiger partial charge is 0.236 e. The molecule has 0 aromatic heterocycles. The fourth-order valence-corrected chi connectivity index (χ4v) is 2.71. The summed E-state index contributed by atoms with van der Waals surface area (Å²) in [4.78, 5) is 11.1. The maximum Gasteiger partial charge on any atom is 0.236 e. The van der Waals surface area contributed by atoms with Gasteiger partial charge in [0.15, 0.2) is 5.17 Å². The summed E-state index contributed by atoms with van der Waals surface area (Å²) in [6, 6.07) is 4.03. The zero-order valence-corrected chi connectivity index (χ0v) is 14.0. The molecule has 0 radical (unpaired) electrons. The maximum absolute atomic E-state index is 11.1. The number of nitrogens with zero attached hydrogens (tertiary/aromatic N) is 2. The molecule has 1 saturated heterocycles. The van der Waals surface area contributed by atoms with Gasteiger partial charge in [0.2, 0.25) is 5.91 Å². The first-order valence-electron chi connectivity index (χ1n) is 7.38. The van der Waals surface area contributed by atoms with Gasteiger partial charge in [0.25, 0.3) is 0 Å². The second-order valence-corrected chi connectivity index (χ2v) is 6.12. The van der Waals surface area contributed by atoms with Gasteiger partial charge in [0.1, 0.15) is 5.75 Å². The number of rotatable bonds is 6. The Hall–Kier alpha value is -1.82. The van der Waals surface area contributed by atoms with Crippen molar-refractivity contribution in [3.63, 3.8) is 0 Å². The van der Waals surface area contributed by atoms with E-state index in [1.807, 2.05) is 26.0 Å². The normalized spacial score (nSPS) is 16.5. The summed E-state index contributed by atoms with van der Waals surface area (Å²) in [5.74, 6) is 1.28. The van der Waals surface area contributed by atoms with Gasteiger partial charge in [0.05, 0.1) is 18.6 Å². The fourth-order valence-electron chi connectivity index (χ4n) is 2.07. The van der Waals surface area contributed by atoms with Crippen molar-refractivity contribution in [3.8, 4) is 5.75 Å². The van der Waals surface area contributed by atoms with Crippen LogP contribution in [0.2, 0.25) is 0 Å². The van der Waals surface area contributed by atoms with Crippen LogP contribution in [0.15, 0.2) is 22.3 Å². The number of amidine groups is 1. The molecule has 1 fully saturated rings. The van der Waals surface area contributed by atoms with Crippen molar-refractivity contribution in [1.29, 1.82) is 0 Å². The van der Waals surface area contributed by atoms with Gasteiger partial charge in [-0.3, -0.25) is 4.79 Å². The number of unbranched alkanes of at least 4 members (excludes halogenated alkanes) is 1. The molecular formula is C16H21N3O2S. The molecule has 118 valence electrons. The fraction of sp³-hybridized carbons (Fsp3) is 0.438. The number of carbonyl (C=O) groups excluding carboxylic acids is 1. The van der Waals surface area contributed by atoms with E-state index >= 15 is 0 Å². The number of ether oxygens (including phenoxy) is 1. The van der Waals surface area contributed by atoms with E-state index < -0.39 is 0 Å². The molecule has 0 aliphatic carbocycles. The highest BCUT2D eigenvalue weighted by Crippen LogP contribution is 2.21. The first kappa shape index (κ1) is 16.5. The van der Waals surface area contributed by atoms with E-state index in [-0.39, 0.29) is 5.91 Å². The van der Waals surface area contributed by atoms with E-state index in [0.29, 0.717) is 10.9 Å². The van der Waals surface area contributed by atoms with Gasteiger partial charge in [-0.1, -0.05) is 25.1 Å². The summed E-state index contributed by atoms with van der Waals surface area (Å²) in [6.07, 6.45) is 3.90. The standard InChI is InChI=1S/C16H21N3O2S/c1-4-5-6-21-13-7-11(2)14(12(3)8-13)9-17-19-16-18-15(20)10-22-16/h7-9H,4-6,10H2,1-3H3,(H,18,19,20). The van der Waals surface area contributed by atoms with Crippen molar-refractivity contribution >= 4 is 29.1 Å². The van der Waals surface area contributed by atoms with Crippen LogP contribution in [-0.2, 0) is 4.79 Å². The molecule has 0 atom stereocenters. The lowest BCUT2D eigenvalue weighted by atomic mass is 10.0. The predicted molar refractivity (Wildman–Crippen MR) is 91.9 cm³/mol. The van der Waals surface area contributed by atoms with Crippen molar-refractivity contribution < 1.29 is 9.53 Å². The number of hydrogen-bond acceptors (Lipinski definition) is 5. The first-order chi connectivity index (χ1) is 10.6. The highest BCUT2D eigenvalue weighted by molar-refractivity contribution is 8.15. The second-order valence-electron chi connectivity index (χ2n) is 5.16. The highest BCUT2D eigenvalue weighted by atomic mass is 32.2. The average Bonchev–Trinajstić information content (AvgIpc) is 2.88. The number of carbonyl (C=O) groups is 1. The molecule has 6 heteroatoms. The molecule has 1 aliphatic rings. The number of aryl methyl sites for hydroxylation is 2. The molecule has 0 bridgehead atoms. The van der Waals surface area contributed by atoms with E-state index in [9.17, 15) is 4.79 Å². The lowest BCUT2D eigenvalue weighted by molar-refractivity contribution is -0.116. The van der Waals surface area contributed by atoms with Crippen molar-refractivity contribution in [1.82, 2.24) is 5.32 Å². The van der Waals surface area contributed by atoms with Gasteiger partial charge in [0, 0.05) is 5.56 Å². The Labute approximate surface area is 135 Å². The topological polar surface area (TPSA) is 63.1 Å². The highest BCUT2D eigenvalue weighted by Gasteiger charge is 2.16. The summed E-state index contributed by atoms with van der Waals surface area (Å²) in [5, 5.41) is 11.3. The van der Waals surface area contributed by atoms with Gasteiger partial charge in [-0.15, -0.1) is 5.10 Å². The van der Waals surface area contributed by atoms with Crippen LogP contribution in [0.1, 0.15) is 36.5 Å². The van der Waals surface area contributed by atoms with Crippen LogP contribution in [0.4, 0.5) is 0 Å². The largest absolute Gasteiger partial charge is 0.494 e. The first-order valence-corrected chi connectivity index (χ1v) is 8.36. The van der Waals surface area contributed by atoms with Crippen LogP contribution in [0.25, 0.3) is 0 Å². The third-order valence-electron chi connectivity index (χ3n) is 3.26. The van der Waals surface area contributed by atoms with Crippen molar-refractivity contribution in [2.75, 3.05) is 12.4 Å². The predicted octanol–water partition coefficient (Wildman–Crippen LogP) is 3.04. The van der Waals surface area contributed by atoms with E-state index in [1.54, 1.807) is 6.21 Å². The van der Waals surface area contributed by atoms with Gasteiger partial charge in [-0.25, -0.2) is 0 Å². The van der Waals surface area contributed by atoms with Crippen LogP contribution < -0.4 is 10.1 Å². The van der Waals surface area contributed by atoms with E-state index in [4.69, 9.17) is 4.74 Å². The van der Waals surface area contributed by atoms with Gasteiger partial charge < -0.3 is 10.1 Å². The molecule has 1 aromatic rings. The van der Waals surface area contributed by atoms with E-state index in [0.717, 1.165) is 41.9 Å². The lowest BCUT2D eigenvalue weighted by Crippen LogP contribution is -2.19. The van der Waals surface area contributed by atoms with Gasteiger partial charge in [-0.2, -0.15) is 5.10 Å². The number of hydrogen-bond donors (Lipinski definition) is 1. The minimum Gasteiger partial charge on any atom is -0.494 e. The molecule has 2 rings (SSSR count). The third-order valence-corrected chi connectivity index (χ3v) is 4.12. The van der Waals surface area contributed by atoms with Crippen LogP contribution in [-0.4, -0.2) is 29.6 Å². The minimum absolute atomic E-state index is 0.0279. The maximum atomic E-state index is 11.1. The Kier molecular flexibility index (Phi) is 6.00. The molecular weight excluding hydrogens is 298 g/mol. The monoisotopic (exact) mass is 319 g/mol. The molecule has 1 aliphatic heterocycles. The van der Waals surface area contributed by atoms with Gasteiger partial charge in [-0.05, 0) is 43.5 Å². The summed E-state index contributed by atoms with van der Waals surface area (Å²) < 4.78 is 5.74. The number of thioether (sulfide) groups is 1. The van der Waals surface area contributed by atoms with E-state index in [2.05, 4.69) is 22.4 Å². The summed E-state index contributed by atoms with van der Waals surface area (Å²) in [5.41, 5.74) is 3.22.